The predicted octanol–water partition coefficient (Wildman–Crippen LogP) is 0.0659. The number of halogens is 1. The highest BCUT2D eigenvalue weighted by Gasteiger charge is 2.16. The third-order valence-corrected chi connectivity index (χ3v) is 2.82. The molecule has 0 bridgehead atoms. The number of nitrogens with one attached hydrogen (secondary N) is 3. The number of anilines is 1. The van der Waals surface area contributed by atoms with Gasteiger partial charge in [0.2, 0.25) is 0 Å². The van der Waals surface area contributed by atoms with Crippen LogP contribution in [0.25, 0.3) is 0 Å². The molecule has 7 nitrogen and oxygen atoms in total. The molecule has 1 atom stereocenters. The zero-order chi connectivity index (χ0) is 16.5. The first-order chi connectivity index (χ1) is 10.4. The molecule has 0 saturated carbocycles. The Morgan fingerprint density at radius 2 is 1.73 bits per heavy atom. The highest BCUT2D eigenvalue weighted by molar-refractivity contribution is 6.30. The van der Waals surface area contributed by atoms with Gasteiger partial charge in [0.15, 0.2) is 13.1 Å². The number of alkyl carbamates (subject to hydrolysis) is 1. The number of benzene rings is 1. The molecule has 120 valence electrons. The summed E-state index contributed by atoms with van der Waals surface area (Å²) in [5.41, 5.74) is 0.623. The summed E-state index contributed by atoms with van der Waals surface area (Å²) in [4.78, 5) is 35.1. The monoisotopic (exact) mass is 328 g/mol. The Hall–Kier alpha value is -2.12. The summed E-state index contributed by atoms with van der Waals surface area (Å²) in [5, 5.41) is 5.35. The zero-order valence-corrected chi connectivity index (χ0v) is 13.2. The molecule has 22 heavy (non-hydrogen) atoms. The van der Waals surface area contributed by atoms with Crippen molar-refractivity contribution in [2.45, 2.75) is 6.92 Å². The van der Waals surface area contributed by atoms with E-state index in [-0.39, 0.29) is 25.6 Å². The Bertz CT molecular complexity index is 533. The lowest BCUT2D eigenvalue weighted by Crippen LogP contribution is -3.11. The molecule has 1 aromatic rings. The predicted molar refractivity (Wildman–Crippen MR) is 81.9 cm³/mol. The molecule has 0 heterocycles. The van der Waals surface area contributed by atoms with Crippen molar-refractivity contribution in [1.82, 2.24) is 5.32 Å². The van der Waals surface area contributed by atoms with E-state index in [2.05, 4.69) is 15.4 Å². The van der Waals surface area contributed by atoms with Crippen molar-refractivity contribution < 1.29 is 24.0 Å². The summed E-state index contributed by atoms with van der Waals surface area (Å²) >= 11 is 5.75. The Balaban J connectivity index is 2.36. The number of imide groups is 1. The van der Waals surface area contributed by atoms with Gasteiger partial charge < -0.3 is 15.0 Å². The maximum absolute atomic E-state index is 11.8. The van der Waals surface area contributed by atoms with Crippen molar-refractivity contribution in [3.63, 3.8) is 0 Å². The molecule has 0 aliphatic rings. The number of hydrogen-bond donors (Lipinski definition) is 3. The molecule has 0 fully saturated rings. The van der Waals surface area contributed by atoms with Crippen molar-refractivity contribution in [2.75, 3.05) is 32.1 Å². The number of carbonyl (C=O) groups is 3. The maximum atomic E-state index is 11.8. The first kappa shape index (κ1) is 17.9. The van der Waals surface area contributed by atoms with Gasteiger partial charge in [-0.1, -0.05) is 11.6 Å². The minimum atomic E-state index is -0.786. The van der Waals surface area contributed by atoms with E-state index in [1.165, 1.54) is 0 Å². The molecule has 8 heteroatoms. The van der Waals surface area contributed by atoms with Gasteiger partial charge in [0.1, 0.15) is 0 Å². The molecule has 1 rings (SSSR count). The van der Waals surface area contributed by atoms with Crippen LogP contribution < -0.4 is 15.5 Å². The molecule has 0 radical (unpaired) electrons. The van der Waals surface area contributed by atoms with Gasteiger partial charge in [-0.15, -0.1) is 0 Å². The Morgan fingerprint density at radius 3 is 2.32 bits per heavy atom. The summed E-state index contributed by atoms with van der Waals surface area (Å²) < 4.78 is 4.59. The van der Waals surface area contributed by atoms with Gasteiger partial charge in [0, 0.05) is 10.7 Å². The number of ether oxygens (including phenoxy) is 1. The van der Waals surface area contributed by atoms with Crippen molar-refractivity contribution in [3.05, 3.63) is 29.3 Å². The fraction of sp³-hybridized carbons (Fsp3) is 0.357. The largest absolute Gasteiger partial charge is 0.450 e. The summed E-state index contributed by atoms with van der Waals surface area (Å²) in [6.45, 7) is 1.89. The number of likely N-dealkylation sites (N-methyl/N-ethyl adjacent to an activating group) is 1. The van der Waals surface area contributed by atoms with E-state index in [1.54, 1.807) is 38.2 Å². The number of carbonyl (C=O) groups excluding carboxylic acids is 3. The molecule has 3 amide bonds. The van der Waals surface area contributed by atoms with Gasteiger partial charge in [-0.25, -0.2) is 4.79 Å². The molecular weight excluding hydrogens is 310 g/mol. The molecule has 0 saturated heterocycles. The summed E-state index contributed by atoms with van der Waals surface area (Å²) in [5.74, 6) is -0.751. The lowest BCUT2D eigenvalue weighted by molar-refractivity contribution is -0.862. The third-order valence-electron chi connectivity index (χ3n) is 2.57. The normalized spacial score (nSPS) is 11.4. The van der Waals surface area contributed by atoms with Gasteiger partial charge in [-0.2, -0.15) is 0 Å². The van der Waals surface area contributed by atoms with E-state index in [0.29, 0.717) is 15.6 Å². The summed E-state index contributed by atoms with van der Waals surface area (Å²) in [7, 11) is 1.67. The Kier molecular flexibility index (Phi) is 7.34. The van der Waals surface area contributed by atoms with E-state index in [1.807, 2.05) is 0 Å². The topological polar surface area (TPSA) is 88.9 Å². The van der Waals surface area contributed by atoms with Gasteiger partial charge in [-0.3, -0.25) is 14.9 Å². The van der Waals surface area contributed by atoms with Gasteiger partial charge in [0.25, 0.3) is 11.8 Å². The fourth-order valence-electron chi connectivity index (χ4n) is 1.67. The van der Waals surface area contributed by atoms with Crippen molar-refractivity contribution in [3.8, 4) is 0 Å². The Labute approximate surface area is 133 Å². The fourth-order valence-corrected chi connectivity index (χ4v) is 1.80. The molecule has 0 aliphatic heterocycles. The standard InChI is InChI=1S/C14H18ClN3O4/c1-3-22-14(21)17-13(20)9-18(2)8-12(19)16-11-6-4-10(15)5-7-11/h4-7H,3,8-9H2,1-2H3,(H,16,19)(H,17,20,21)/p+1. The van der Waals surface area contributed by atoms with Gasteiger partial charge in [-0.05, 0) is 31.2 Å². The highest BCUT2D eigenvalue weighted by Crippen LogP contribution is 2.12. The second-order valence-corrected chi connectivity index (χ2v) is 5.07. The lowest BCUT2D eigenvalue weighted by Gasteiger charge is -2.13. The quantitative estimate of drug-likeness (QED) is 0.689. The summed E-state index contributed by atoms with van der Waals surface area (Å²) in [6.07, 6.45) is -0.786. The number of hydrogen-bond acceptors (Lipinski definition) is 4. The maximum Gasteiger partial charge on any atom is 0.414 e. The molecule has 0 aromatic heterocycles. The lowest BCUT2D eigenvalue weighted by atomic mass is 10.3. The van der Waals surface area contributed by atoms with Crippen LogP contribution in [0.2, 0.25) is 5.02 Å². The van der Waals surface area contributed by atoms with Crippen molar-refractivity contribution in [1.29, 1.82) is 0 Å². The number of quaternary nitrogens is 1. The SMILES string of the molecule is CCOC(=O)NC(=O)C[NH+](C)CC(=O)Nc1ccc(Cl)cc1. The molecule has 1 unspecified atom stereocenters. The average Bonchev–Trinajstić information content (AvgIpc) is 2.40. The van der Waals surface area contributed by atoms with E-state index in [9.17, 15) is 14.4 Å². The van der Waals surface area contributed by atoms with Crippen molar-refractivity contribution in [2.24, 2.45) is 0 Å². The third kappa shape index (κ3) is 7.05. The van der Waals surface area contributed by atoms with Crippen LogP contribution in [-0.4, -0.2) is 44.7 Å². The molecular formula is C14H19ClN3O4+. The van der Waals surface area contributed by atoms with Gasteiger partial charge >= 0.3 is 6.09 Å². The summed E-state index contributed by atoms with van der Waals surface area (Å²) in [6, 6.07) is 6.70. The zero-order valence-electron chi connectivity index (χ0n) is 12.4. The van der Waals surface area contributed by atoms with E-state index in [4.69, 9.17) is 11.6 Å². The molecule has 1 aromatic carbocycles. The molecule has 3 N–H and O–H groups in total. The smallest absolute Gasteiger partial charge is 0.414 e. The van der Waals surface area contributed by atoms with Crippen molar-refractivity contribution >= 4 is 35.2 Å². The van der Waals surface area contributed by atoms with Crippen LogP contribution >= 0.6 is 11.6 Å². The minimum Gasteiger partial charge on any atom is -0.450 e. The van der Waals surface area contributed by atoms with Crippen LogP contribution in [0.1, 0.15) is 6.92 Å². The first-order valence-corrected chi connectivity index (χ1v) is 7.11. The average molecular weight is 329 g/mol. The van der Waals surface area contributed by atoms with Crippen LogP contribution in [0.5, 0.6) is 0 Å². The van der Waals surface area contributed by atoms with Crippen LogP contribution in [0.3, 0.4) is 0 Å². The number of rotatable bonds is 6. The van der Waals surface area contributed by atoms with Gasteiger partial charge in [0.05, 0.1) is 13.7 Å². The van der Waals surface area contributed by atoms with E-state index < -0.39 is 12.0 Å². The van der Waals surface area contributed by atoms with Crippen LogP contribution in [0.4, 0.5) is 10.5 Å². The second-order valence-electron chi connectivity index (χ2n) is 4.63. The van der Waals surface area contributed by atoms with Crippen LogP contribution in [-0.2, 0) is 14.3 Å². The minimum absolute atomic E-state index is 0.0210. The Morgan fingerprint density at radius 1 is 1.14 bits per heavy atom. The van der Waals surface area contributed by atoms with Crippen LogP contribution in [0, 0.1) is 0 Å². The van der Waals surface area contributed by atoms with E-state index in [0.717, 1.165) is 0 Å². The highest BCUT2D eigenvalue weighted by atomic mass is 35.5. The first-order valence-electron chi connectivity index (χ1n) is 6.74. The molecule has 0 spiro atoms. The number of amides is 3. The van der Waals surface area contributed by atoms with Crippen LogP contribution in [0.15, 0.2) is 24.3 Å². The van der Waals surface area contributed by atoms with E-state index >= 15 is 0 Å². The molecule has 0 aliphatic carbocycles. The second kappa shape index (κ2) is 9.01.